The normalized spacial score (nSPS) is 33.4. The molecule has 0 unspecified atom stereocenters. The van der Waals surface area contributed by atoms with E-state index in [0.717, 1.165) is 6.42 Å². The molecule has 0 radical (unpaired) electrons. The number of hydrogen-bond acceptors (Lipinski definition) is 7. The van der Waals surface area contributed by atoms with Gasteiger partial charge in [0, 0.05) is 18.8 Å². The minimum absolute atomic E-state index is 0.0229. The Morgan fingerprint density at radius 1 is 1.08 bits per heavy atom. The largest absolute Gasteiger partial charge is 0.461 e. The summed E-state index contributed by atoms with van der Waals surface area (Å²) in [7, 11) is 0. The van der Waals surface area contributed by atoms with Gasteiger partial charge in [0.05, 0.1) is 18.3 Å². The minimum atomic E-state index is -1.42. The van der Waals surface area contributed by atoms with Gasteiger partial charge in [0.25, 0.3) is 0 Å². The summed E-state index contributed by atoms with van der Waals surface area (Å²) >= 11 is 0. The number of rotatable bonds is 6. The van der Waals surface area contributed by atoms with Crippen LogP contribution in [0.15, 0.2) is 48.1 Å². The highest BCUT2D eigenvalue weighted by atomic mass is 16.5. The molecule has 1 aliphatic heterocycles. The van der Waals surface area contributed by atoms with Crippen molar-refractivity contribution in [2.24, 2.45) is 17.8 Å². The maximum Gasteiger partial charge on any atom is 0.306 e. The molecule has 9 atom stereocenters. The van der Waals surface area contributed by atoms with Gasteiger partial charge in [-0.25, -0.2) is 0 Å². The number of cyclic esters (lactones) is 1. The van der Waals surface area contributed by atoms with E-state index >= 15 is 0 Å². The van der Waals surface area contributed by atoms with Crippen LogP contribution in [0.5, 0.6) is 0 Å². The van der Waals surface area contributed by atoms with Crippen LogP contribution in [-0.2, 0) is 9.53 Å². The lowest BCUT2D eigenvalue weighted by Crippen LogP contribution is -2.39. The average molecular weight is 509 g/mol. The van der Waals surface area contributed by atoms with E-state index in [0.29, 0.717) is 12.3 Å². The van der Waals surface area contributed by atoms with Crippen LogP contribution in [0.25, 0.3) is 0 Å². The fraction of sp³-hybridized carbons (Fsp3) is 0.690. The van der Waals surface area contributed by atoms with Crippen LogP contribution in [0.4, 0.5) is 0 Å². The Balaban J connectivity index is 2.93. The first-order valence-electron chi connectivity index (χ1n) is 13.2. The van der Waals surface area contributed by atoms with Crippen molar-refractivity contribution in [1.82, 2.24) is 0 Å². The quantitative estimate of drug-likeness (QED) is 0.211. The van der Waals surface area contributed by atoms with Crippen LogP contribution in [0.3, 0.4) is 0 Å². The van der Waals surface area contributed by atoms with Crippen LogP contribution in [-0.4, -0.2) is 68.1 Å². The first-order valence-corrected chi connectivity index (χ1v) is 13.2. The van der Waals surface area contributed by atoms with Crippen molar-refractivity contribution in [3.63, 3.8) is 0 Å². The van der Waals surface area contributed by atoms with E-state index in [2.05, 4.69) is 31.2 Å². The Hall–Kier alpha value is -1.77. The number of esters is 1. The van der Waals surface area contributed by atoms with Gasteiger partial charge in [-0.2, -0.15) is 0 Å². The lowest BCUT2D eigenvalue weighted by Gasteiger charge is -2.27. The Morgan fingerprint density at radius 2 is 1.78 bits per heavy atom. The Kier molecular flexibility index (Phi) is 15.1. The fourth-order valence-electron chi connectivity index (χ4n) is 4.03. The maximum absolute atomic E-state index is 12.5. The topological polar surface area (TPSA) is 127 Å². The molecule has 1 aliphatic rings. The number of hydrogen-bond donors (Lipinski definition) is 5. The van der Waals surface area contributed by atoms with E-state index in [-0.39, 0.29) is 31.6 Å². The third kappa shape index (κ3) is 13.0. The molecule has 7 nitrogen and oxygen atoms in total. The molecule has 0 aromatic heterocycles. The maximum atomic E-state index is 12.5. The van der Waals surface area contributed by atoms with Crippen molar-refractivity contribution in [3.8, 4) is 0 Å². The SMILES string of the molecule is CC(C)=CC=C[C@@H](C)CC=C[C@@H](C)[C@@H]1CC=C[C@@H](O)[C@@H](O)[C@@H](O)C[C@@H](C)[C@@H](O)C[C@@H](O)CCC(=O)O1. The molecule has 7 heteroatoms. The van der Waals surface area contributed by atoms with E-state index in [1.165, 1.54) is 11.6 Å². The number of allylic oxidation sites excluding steroid dienone is 5. The molecular weight excluding hydrogens is 460 g/mol. The molecule has 0 saturated heterocycles. The summed E-state index contributed by atoms with van der Waals surface area (Å²) in [6, 6.07) is 0. The molecule has 206 valence electrons. The van der Waals surface area contributed by atoms with Gasteiger partial charge >= 0.3 is 5.97 Å². The van der Waals surface area contributed by atoms with Gasteiger partial charge in [0.1, 0.15) is 18.3 Å². The highest BCUT2D eigenvalue weighted by Gasteiger charge is 2.29. The van der Waals surface area contributed by atoms with E-state index in [4.69, 9.17) is 4.74 Å². The fourth-order valence-corrected chi connectivity index (χ4v) is 4.03. The molecule has 36 heavy (non-hydrogen) atoms. The lowest BCUT2D eigenvalue weighted by atomic mass is 9.90. The monoisotopic (exact) mass is 508 g/mol. The zero-order valence-corrected chi connectivity index (χ0v) is 22.5. The molecule has 0 saturated carbocycles. The smallest absolute Gasteiger partial charge is 0.306 e. The van der Waals surface area contributed by atoms with Crippen LogP contribution >= 0.6 is 0 Å². The summed E-state index contributed by atoms with van der Waals surface area (Å²) in [5.74, 6) is -0.600. The summed E-state index contributed by atoms with van der Waals surface area (Å²) < 4.78 is 5.71. The Morgan fingerprint density at radius 3 is 2.44 bits per heavy atom. The molecule has 0 fully saturated rings. The van der Waals surface area contributed by atoms with Crippen LogP contribution in [0.1, 0.15) is 73.1 Å². The highest BCUT2D eigenvalue weighted by Crippen LogP contribution is 2.22. The standard InChI is InChI=1S/C29H48O7/c1-19(2)9-6-10-20(3)11-7-12-21(4)27-14-8-13-24(31)29(35)26(33)17-22(5)25(32)18-23(30)15-16-28(34)36-27/h6-10,12-13,20-27,29-33,35H,11,14-18H2,1-5H3/t20-,21-,22-,23+,24-,25+,26+,27+,29-/m1/s1. The van der Waals surface area contributed by atoms with Crippen molar-refractivity contribution in [2.75, 3.05) is 0 Å². The number of carbonyl (C=O) groups is 1. The second-order valence-corrected chi connectivity index (χ2v) is 10.6. The molecule has 0 bridgehead atoms. The van der Waals surface area contributed by atoms with Gasteiger partial charge in [-0.1, -0.05) is 68.9 Å². The van der Waals surface area contributed by atoms with E-state index in [1.807, 2.05) is 26.8 Å². The summed E-state index contributed by atoms with van der Waals surface area (Å²) in [5, 5.41) is 51.5. The summed E-state index contributed by atoms with van der Waals surface area (Å²) in [4.78, 5) is 12.5. The third-order valence-electron chi connectivity index (χ3n) is 6.60. The lowest BCUT2D eigenvalue weighted by molar-refractivity contribution is -0.151. The van der Waals surface area contributed by atoms with Gasteiger partial charge in [0.15, 0.2) is 0 Å². The molecule has 1 rings (SSSR count). The van der Waals surface area contributed by atoms with Crippen molar-refractivity contribution in [3.05, 3.63) is 48.1 Å². The zero-order valence-electron chi connectivity index (χ0n) is 22.5. The van der Waals surface area contributed by atoms with Gasteiger partial charge in [0.2, 0.25) is 0 Å². The van der Waals surface area contributed by atoms with E-state index < -0.39 is 48.5 Å². The van der Waals surface area contributed by atoms with Crippen molar-refractivity contribution < 1.29 is 35.1 Å². The van der Waals surface area contributed by atoms with Crippen molar-refractivity contribution >= 4 is 5.97 Å². The Labute approximate surface area is 216 Å². The Bertz CT molecular complexity index is 753. The minimum Gasteiger partial charge on any atom is -0.461 e. The highest BCUT2D eigenvalue weighted by molar-refractivity contribution is 5.69. The molecule has 0 amide bonds. The molecule has 0 aromatic rings. The molecule has 0 aromatic carbocycles. The predicted molar refractivity (Wildman–Crippen MR) is 142 cm³/mol. The summed E-state index contributed by atoms with van der Waals surface area (Å²) in [5.41, 5.74) is 1.24. The van der Waals surface area contributed by atoms with Crippen molar-refractivity contribution in [2.45, 2.75) is 110 Å². The van der Waals surface area contributed by atoms with Gasteiger partial charge in [-0.15, -0.1) is 0 Å². The second-order valence-electron chi connectivity index (χ2n) is 10.6. The van der Waals surface area contributed by atoms with Crippen LogP contribution in [0.2, 0.25) is 0 Å². The van der Waals surface area contributed by atoms with E-state index in [1.54, 1.807) is 13.0 Å². The first kappa shape index (κ1) is 32.3. The van der Waals surface area contributed by atoms with Crippen molar-refractivity contribution in [1.29, 1.82) is 0 Å². The van der Waals surface area contributed by atoms with Gasteiger partial charge < -0.3 is 30.3 Å². The zero-order chi connectivity index (χ0) is 27.3. The number of aliphatic hydroxyl groups excluding tert-OH is 5. The molecule has 5 N–H and O–H groups in total. The third-order valence-corrected chi connectivity index (χ3v) is 6.60. The molecule has 0 aliphatic carbocycles. The van der Waals surface area contributed by atoms with Gasteiger partial charge in [-0.05, 0) is 51.4 Å². The summed E-state index contributed by atoms with van der Waals surface area (Å²) in [6.07, 6.45) is 8.56. The molecule has 1 heterocycles. The summed E-state index contributed by atoms with van der Waals surface area (Å²) in [6.45, 7) is 9.88. The predicted octanol–water partition coefficient (Wildman–Crippen LogP) is 3.60. The number of aliphatic hydroxyl groups is 5. The number of carbonyl (C=O) groups excluding carboxylic acids is 1. The number of ether oxygens (including phenoxy) is 1. The average Bonchev–Trinajstić information content (AvgIpc) is 2.80. The molecular formula is C29H48O7. The first-order chi connectivity index (χ1) is 16.9. The van der Waals surface area contributed by atoms with Crippen LogP contribution in [0, 0.1) is 17.8 Å². The van der Waals surface area contributed by atoms with E-state index in [9.17, 15) is 30.3 Å². The van der Waals surface area contributed by atoms with Crippen LogP contribution < -0.4 is 0 Å². The van der Waals surface area contributed by atoms with Gasteiger partial charge in [-0.3, -0.25) is 4.79 Å². The molecule has 0 spiro atoms. The second kappa shape index (κ2) is 16.9.